The van der Waals surface area contributed by atoms with E-state index in [4.69, 9.17) is 16.6 Å². The number of anilines is 1. The molecule has 7 nitrogen and oxygen atoms in total. The first kappa shape index (κ1) is 20.8. The Kier molecular flexibility index (Phi) is 6.14. The van der Waals surface area contributed by atoms with Crippen molar-refractivity contribution in [3.05, 3.63) is 73.0 Å². The standard InChI is InChI=1S/C20H19ClN4O3S/c1-11(20-24-18(12(2)29-20)13-4-7-15(21)8-5-13)23-16-9-6-14(19(26)22-3)10-17(16)25(27)28/h4-11,23H,1-3H3,(H,22,26). The lowest BCUT2D eigenvalue weighted by Crippen LogP contribution is -2.18. The molecule has 0 bridgehead atoms. The van der Waals surface area contributed by atoms with Crippen molar-refractivity contribution in [1.82, 2.24) is 10.3 Å². The summed E-state index contributed by atoms with van der Waals surface area (Å²) in [6, 6.07) is 11.5. The number of benzene rings is 2. The number of aryl methyl sites for hydroxylation is 1. The van der Waals surface area contributed by atoms with E-state index < -0.39 is 4.92 Å². The Labute approximate surface area is 176 Å². The fraction of sp³-hybridized carbons (Fsp3) is 0.200. The van der Waals surface area contributed by atoms with Crippen LogP contribution >= 0.6 is 22.9 Å². The Bertz CT molecular complexity index is 1070. The Balaban J connectivity index is 1.88. The van der Waals surface area contributed by atoms with Crippen LogP contribution in [-0.4, -0.2) is 22.9 Å². The number of thiazole rings is 1. The molecule has 0 radical (unpaired) electrons. The second-order valence-electron chi connectivity index (χ2n) is 6.40. The number of nitro groups is 1. The maximum Gasteiger partial charge on any atom is 0.293 e. The predicted octanol–water partition coefficient (Wildman–Crippen LogP) is 5.21. The summed E-state index contributed by atoms with van der Waals surface area (Å²) in [7, 11) is 1.48. The lowest BCUT2D eigenvalue weighted by Gasteiger charge is -2.13. The molecule has 0 saturated heterocycles. The van der Waals surface area contributed by atoms with E-state index >= 15 is 0 Å². The van der Waals surface area contributed by atoms with Crippen LogP contribution in [0.1, 0.15) is 33.2 Å². The number of amides is 1. The monoisotopic (exact) mass is 430 g/mol. The average molecular weight is 431 g/mol. The lowest BCUT2D eigenvalue weighted by molar-refractivity contribution is -0.384. The number of carbonyl (C=O) groups excluding carboxylic acids is 1. The molecular weight excluding hydrogens is 412 g/mol. The molecule has 29 heavy (non-hydrogen) atoms. The number of nitro benzene ring substituents is 1. The third-order valence-corrected chi connectivity index (χ3v) is 5.76. The molecule has 2 N–H and O–H groups in total. The number of aromatic nitrogens is 1. The van der Waals surface area contributed by atoms with Crippen LogP contribution in [-0.2, 0) is 0 Å². The van der Waals surface area contributed by atoms with E-state index in [-0.39, 0.29) is 23.2 Å². The van der Waals surface area contributed by atoms with Crippen molar-refractivity contribution < 1.29 is 9.72 Å². The summed E-state index contributed by atoms with van der Waals surface area (Å²) in [4.78, 5) is 28.5. The van der Waals surface area contributed by atoms with E-state index in [2.05, 4.69) is 10.6 Å². The Morgan fingerprint density at radius 1 is 1.24 bits per heavy atom. The highest BCUT2D eigenvalue weighted by Crippen LogP contribution is 2.34. The van der Waals surface area contributed by atoms with E-state index in [9.17, 15) is 14.9 Å². The number of rotatable bonds is 6. The fourth-order valence-corrected chi connectivity index (χ4v) is 3.94. The van der Waals surface area contributed by atoms with Gasteiger partial charge in [-0.25, -0.2) is 4.98 Å². The second-order valence-corrected chi connectivity index (χ2v) is 8.07. The van der Waals surface area contributed by atoms with E-state index in [0.29, 0.717) is 10.7 Å². The van der Waals surface area contributed by atoms with Gasteiger partial charge in [0.05, 0.1) is 16.7 Å². The molecule has 1 heterocycles. The number of nitrogens with one attached hydrogen (secondary N) is 2. The van der Waals surface area contributed by atoms with Gasteiger partial charge in [-0.3, -0.25) is 14.9 Å². The van der Waals surface area contributed by atoms with Crippen LogP contribution < -0.4 is 10.6 Å². The van der Waals surface area contributed by atoms with Crippen LogP contribution in [0.25, 0.3) is 11.3 Å². The normalized spacial score (nSPS) is 11.7. The van der Waals surface area contributed by atoms with Gasteiger partial charge in [0, 0.05) is 34.1 Å². The molecule has 150 valence electrons. The fourth-order valence-electron chi connectivity index (χ4n) is 2.86. The first-order valence-electron chi connectivity index (χ1n) is 8.80. The topological polar surface area (TPSA) is 97.2 Å². The van der Waals surface area contributed by atoms with Gasteiger partial charge in [0.1, 0.15) is 10.7 Å². The summed E-state index contributed by atoms with van der Waals surface area (Å²) in [5.74, 6) is -0.379. The summed E-state index contributed by atoms with van der Waals surface area (Å²) in [5, 5.41) is 18.6. The molecule has 1 aromatic heterocycles. The van der Waals surface area contributed by atoms with Crippen molar-refractivity contribution in [3.8, 4) is 11.3 Å². The summed E-state index contributed by atoms with van der Waals surface area (Å²) >= 11 is 7.48. The Hall–Kier alpha value is -2.97. The van der Waals surface area contributed by atoms with Gasteiger partial charge in [-0.15, -0.1) is 11.3 Å². The second kappa shape index (κ2) is 8.59. The molecule has 0 fully saturated rings. The van der Waals surface area contributed by atoms with Crippen molar-refractivity contribution >= 4 is 40.2 Å². The van der Waals surface area contributed by atoms with Crippen molar-refractivity contribution in [3.63, 3.8) is 0 Å². The zero-order valence-corrected chi connectivity index (χ0v) is 17.6. The highest BCUT2D eigenvalue weighted by molar-refractivity contribution is 7.12. The van der Waals surface area contributed by atoms with Crippen molar-refractivity contribution in [2.24, 2.45) is 0 Å². The third kappa shape index (κ3) is 4.55. The highest BCUT2D eigenvalue weighted by Gasteiger charge is 2.21. The quantitative estimate of drug-likeness (QED) is 0.413. The number of nitrogens with zero attached hydrogens (tertiary/aromatic N) is 2. The Morgan fingerprint density at radius 2 is 1.93 bits per heavy atom. The summed E-state index contributed by atoms with van der Waals surface area (Å²) < 4.78 is 0. The maximum atomic E-state index is 11.8. The van der Waals surface area contributed by atoms with E-state index in [1.807, 2.05) is 38.1 Å². The number of halogens is 1. The Morgan fingerprint density at radius 3 is 2.55 bits per heavy atom. The highest BCUT2D eigenvalue weighted by atomic mass is 35.5. The van der Waals surface area contributed by atoms with Crippen molar-refractivity contribution in [2.45, 2.75) is 19.9 Å². The van der Waals surface area contributed by atoms with E-state index in [0.717, 1.165) is 21.1 Å². The minimum atomic E-state index is -0.506. The summed E-state index contributed by atoms with van der Waals surface area (Å²) in [6.07, 6.45) is 0. The van der Waals surface area contributed by atoms with Gasteiger partial charge in [0.2, 0.25) is 0 Å². The molecule has 2 aromatic carbocycles. The molecule has 3 aromatic rings. The lowest BCUT2D eigenvalue weighted by atomic mass is 10.1. The molecule has 0 aliphatic rings. The van der Waals surface area contributed by atoms with Crippen molar-refractivity contribution in [2.75, 3.05) is 12.4 Å². The van der Waals surface area contributed by atoms with Crippen LogP contribution in [0.4, 0.5) is 11.4 Å². The van der Waals surface area contributed by atoms with Gasteiger partial charge in [-0.2, -0.15) is 0 Å². The van der Waals surface area contributed by atoms with Gasteiger partial charge in [-0.05, 0) is 38.1 Å². The van der Waals surface area contributed by atoms with Crippen LogP contribution in [0.2, 0.25) is 5.02 Å². The molecule has 1 unspecified atom stereocenters. The maximum absolute atomic E-state index is 11.8. The molecule has 1 amide bonds. The molecule has 0 aliphatic carbocycles. The van der Waals surface area contributed by atoms with Gasteiger partial charge < -0.3 is 10.6 Å². The van der Waals surface area contributed by atoms with Crippen LogP contribution in [0.5, 0.6) is 0 Å². The van der Waals surface area contributed by atoms with E-state index in [1.165, 1.54) is 24.5 Å². The largest absolute Gasteiger partial charge is 0.371 e. The van der Waals surface area contributed by atoms with Crippen molar-refractivity contribution in [1.29, 1.82) is 0 Å². The SMILES string of the molecule is CNC(=O)c1ccc(NC(C)c2nc(-c3ccc(Cl)cc3)c(C)s2)c([N+](=O)[O-])c1. The van der Waals surface area contributed by atoms with E-state index in [1.54, 1.807) is 12.1 Å². The summed E-state index contributed by atoms with van der Waals surface area (Å²) in [5.41, 5.74) is 2.22. The molecule has 0 spiro atoms. The first-order valence-corrected chi connectivity index (χ1v) is 10.00. The van der Waals surface area contributed by atoms with Gasteiger partial charge in [0.15, 0.2) is 0 Å². The van der Waals surface area contributed by atoms with Gasteiger partial charge >= 0.3 is 0 Å². The number of carbonyl (C=O) groups is 1. The number of hydrogen-bond donors (Lipinski definition) is 2. The molecule has 9 heteroatoms. The summed E-state index contributed by atoms with van der Waals surface area (Å²) in [6.45, 7) is 3.87. The zero-order valence-electron chi connectivity index (χ0n) is 16.0. The van der Waals surface area contributed by atoms with Crippen LogP contribution in [0.3, 0.4) is 0 Å². The smallest absolute Gasteiger partial charge is 0.293 e. The molecule has 3 rings (SSSR count). The van der Waals surface area contributed by atoms with Crippen LogP contribution in [0, 0.1) is 17.0 Å². The van der Waals surface area contributed by atoms with Crippen LogP contribution in [0.15, 0.2) is 42.5 Å². The molecule has 1 atom stereocenters. The average Bonchev–Trinajstić information content (AvgIpc) is 3.10. The minimum Gasteiger partial charge on any atom is -0.371 e. The molecule has 0 aliphatic heterocycles. The third-order valence-electron chi connectivity index (χ3n) is 4.36. The zero-order chi connectivity index (χ0) is 21.1. The van der Waals surface area contributed by atoms with Gasteiger partial charge in [-0.1, -0.05) is 23.7 Å². The molecule has 0 saturated carbocycles. The van der Waals surface area contributed by atoms with Gasteiger partial charge in [0.25, 0.3) is 11.6 Å². The first-order chi connectivity index (χ1) is 13.8. The molecular formula is C20H19ClN4O3S. The minimum absolute atomic E-state index is 0.163. The predicted molar refractivity (Wildman–Crippen MR) is 116 cm³/mol. The number of hydrogen-bond acceptors (Lipinski definition) is 6.